The van der Waals surface area contributed by atoms with Crippen molar-refractivity contribution in [3.63, 3.8) is 0 Å². The van der Waals surface area contributed by atoms with E-state index in [2.05, 4.69) is 5.32 Å². The Balaban J connectivity index is 2.16. The highest BCUT2D eigenvalue weighted by atomic mass is 35.5. The van der Waals surface area contributed by atoms with Gasteiger partial charge in [-0.1, -0.05) is 48.4 Å². The van der Waals surface area contributed by atoms with Gasteiger partial charge in [-0.25, -0.2) is 12.8 Å². The maximum Gasteiger partial charge on any atom is 0.417 e. The van der Waals surface area contributed by atoms with Crippen LogP contribution in [0, 0.1) is 12.7 Å². The fraction of sp³-hybridized carbons (Fsp3) is 0.355. The highest BCUT2D eigenvalue weighted by Gasteiger charge is 2.37. The van der Waals surface area contributed by atoms with Crippen molar-refractivity contribution in [2.45, 2.75) is 70.2 Å². The molecule has 3 aromatic rings. The zero-order valence-electron chi connectivity index (χ0n) is 24.9. The fourth-order valence-electron chi connectivity index (χ4n) is 4.41. The summed E-state index contributed by atoms with van der Waals surface area (Å²) in [5, 5.41) is 2.16. The minimum Gasteiger partial charge on any atom is -0.350 e. The Morgan fingerprint density at radius 2 is 1.55 bits per heavy atom. The molecule has 0 aliphatic heterocycles. The first-order chi connectivity index (χ1) is 20.3. The summed E-state index contributed by atoms with van der Waals surface area (Å²) >= 11 is 5.81. The summed E-state index contributed by atoms with van der Waals surface area (Å²) in [6.45, 7) is 7.48. The van der Waals surface area contributed by atoms with Gasteiger partial charge in [0.1, 0.15) is 18.4 Å². The Kier molecular flexibility index (Phi) is 10.7. The van der Waals surface area contributed by atoms with Crippen LogP contribution in [0.4, 0.5) is 23.2 Å². The van der Waals surface area contributed by atoms with Crippen LogP contribution in [0.5, 0.6) is 0 Å². The van der Waals surface area contributed by atoms with Gasteiger partial charge in [-0.05, 0) is 82.1 Å². The molecule has 7 nitrogen and oxygen atoms in total. The summed E-state index contributed by atoms with van der Waals surface area (Å²) in [5.74, 6) is -1.92. The Hall–Kier alpha value is -3.64. The summed E-state index contributed by atoms with van der Waals surface area (Å²) < 4.78 is 83.4. The maximum absolute atomic E-state index is 14.1. The van der Waals surface area contributed by atoms with E-state index in [4.69, 9.17) is 11.6 Å². The first kappa shape index (κ1) is 34.8. The Bertz CT molecular complexity index is 1590. The van der Waals surface area contributed by atoms with Gasteiger partial charge in [0.25, 0.3) is 10.0 Å². The van der Waals surface area contributed by atoms with Gasteiger partial charge in [0.05, 0.1) is 21.2 Å². The van der Waals surface area contributed by atoms with E-state index < -0.39 is 68.2 Å². The third-order valence-corrected chi connectivity index (χ3v) is 8.70. The molecular formula is C31H34ClF4N3O4S. The van der Waals surface area contributed by atoms with Crippen LogP contribution in [0.2, 0.25) is 5.02 Å². The smallest absolute Gasteiger partial charge is 0.350 e. The highest BCUT2D eigenvalue weighted by Crippen LogP contribution is 2.38. The molecular weight excluding hydrogens is 622 g/mol. The number of amides is 2. The number of sulfonamides is 1. The summed E-state index contributed by atoms with van der Waals surface area (Å²) in [5.41, 5.74) is -1.23. The van der Waals surface area contributed by atoms with Crippen molar-refractivity contribution in [3.05, 3.63) is 94.3 Å². The van der Waals surface area contributed by atoms with Crippen LogP contribution in [0.3, 0.4) is 0 Å². The van der Waals surface area contributed by atoms with Crippen LogP contribution in [0.15, 0.2) is 71.6 Å². The summed E-state index contributed by atoms with van der Waals surface area (Å²) in [6, 6.07) is 12.2. The van der Waals surface area contributed by atoms with E-state index in [9.17, 15) is 35.6 Å². The molecule has 0 heterocycles. The molecule has 0 aliphatic carbocycles. The second kappa shape index (κ2) is 13.6. The normalized spacial score (nSPS) is 12.9. The molecule has 1 atom stereocenters. The van der Waals surface area contributed by atoms with Crippen LogP contribution in [0.25, 0.3) is 0 Å². The average molecular weight is 656 g/mol. The van der Waals surface area contributed by atoms with E-state index in [0.29, 0.717) is 15.9 Å². The quantitative estimate of drug-likeness (QED) is 0.246. The number of carbonyl (C=O) groups excluding carboxylic acids is 2. The number of halogens is 5. The average Bonchev–Trinajstić information content (AvgIpc) is 2.91. The van der Waals surface area contributed by atoms with Crippen LogP contribution in [-0.2, 0) is 32.3 Å². The minimum atomic E-state index is -4.91. The molecule has 2 amide bonds. The van der Waals surface area contributed by atoms with Crippen molar-refractivity contribution in [2.24, 2.45) is 0 Å². The van der Waals surface area contributed by atoms with Crippen LogP contribution >= 0.6 is 11.6 Å². The second-order valence-electron chi connectivity index (χ2n) is 11.3. The molecule has 0 saturated carbocycles. The molecule has 0 aromatic heterocycles. The third kappa shape index (κ3) is 8.72. The number of rotatable bonds is 10. The van der Waals surface area contributed by atoms with E-state index >= 15 is 0 Å². The molecule has 0 aliphatic rings. The molecule has 3 rings (SSSR count). The molecule has 238 valence electrons. The Labute approximate surface area is 259 Å². The molecule has 1 N–H and O–H groups in total. The van der Waals surface area contributed by atoms with E-state index in [0.717, 1.165) is 22.6 Å². The summed E-state index contributed by atoms with van der Waals surface area (Å²) in [7, 11) is -4.61. The molecule has 0 fully saturated rings. The zero-order chi connectivity index (χ0) is 33.0. The number of nitrogens with one attached hydrogen (secondary N) is 1. The standard InChI is InChI=1S/C31H34ClF4N3O4S/c1-6-27(29(41)37-30(3,4)5)38(18-21-9-11-22(33)12-10-21)28(40)19-39(44(42,43)24-14-7-20(2)8-15-24)23-13-16-26(32)25(17-23)31(34,35)36/h7-17,27H,6,18-19H2,1-5H3,(H,37,41). The van der Waals surface area contributed by atoms with Crippen molar-refractivity contribution >= 4 is 39.1 Å². The zero-order valence-corrected chi connectivity index (χ0v) is 26.4. The van der Waals surface area contributed by atoms with Crippen LogP contribution in [0.1, 0.15) is 50.8 Å². The summed E-state index contributed by atoms with van der Waals surface area (Å²) in [4.78, 5) is 28.3. The SMILES string of the molecule is CCC(C(=O)NC(C)(C)C)N(Cc1ccc(F)cc1)C(=O)CN(c1ccc(Cl)c(C(F)(F)F)c1)S(=O)(=O)c1ccc(C)cc1. The minimum absolute atomic E-state index is 0.124. The topological polar surface area (TPSA) is 86.8 Å². The second-order valence-corrected chi connectivity index (χ2v) is 13.6. The molecule has 44 heavy (non-hydrogen) atoms. The number of hydrogen-bond acceptors (Lipinski definition) is 4. The molecule has 13 heteroatoms. The lowest BCUT2D eigenvalue weighted by Crippen LogP contribution is -2.55. The number of carbonyl (C=O) groups is 2. The van der Waals surface area contributed by atoms with Gasteiger partial charge in [0.15, 0.2) is 0 Å². The number of alkyl halides is 3. The van der Waals surface area contributed by atoms with Gasteiger partial charge in [0.2, 0.25) is 11.8 Å². The first-order valence-electron chi connectivity index (χ1n) is 13.7. The molecule has 1 unspecified atom stereocenters. The Morgan fingerprint density at radius 1 is 0.955 bits per heavy atom. The van der Waals surface area contributed by atoms with E-state index in [1.54, 1.807) is 34.6 Å². The summed E-state index contributed by atoms with van der Waals surface area (Å²) in [6.07, 6.45) is -4.79. The van der Waals surface area contributed by atoms with Crippen LogP contribution in [-0.4, -0.2) is 43.3 Å². The van der Waals surface area contributed by atoms with Gasteiger partial charge in [-0.3, -0.25) is 13.9 Å². The first-order valence-corrected chi connectivity index (χ1v) is 15.5. The monoisotopic (exact) mass is 655 g/mol. The van der Waals surface area contributed by atoms with Crippen molar-refractivity contribution in [1.29, 1.82) is 0 Å². The lowest BCUT2D eigenvalue weighted by molar-refractivity contribution is -0.141. The predicted octanol–water partition coefficient (Wildman–Crippen LogP) is 6.72. The highest BCUT2D eigenvalue weighted by molar-refractivity contribution is 7.92. The molecule has 0 spiro atoms. The molecule has 3 aromatic carbocycles. The number of nitrogens with zero attached hydrogens (tertiary/aromatic N) is 2. The van der Waals surface area contributed by atoms with Gasteiger partial charge >= 0.3 is 6.18 Å². The number of aryl methyl sites for hydroxylation is 1. The number of anilines is 1. The predicted molar refractivity (Wildman–Crippen MR) is 161 cm³/mol. The lowest BCUT2D eigenvalue weighted by atomic mass is 10.1. The third-order valence-electron chi connectivity index (χ3n) is 6.58. The van der Waals surface area contributed by atoms with Crippen molar-refractivity contribution in [1.82, 2.24) is 10.2 Å². The molecule has 0 bridgehead atoms. The maximum atomic E-state index is 14.1. The van der Waals surface area contributed by atoms with Crippen molar-refractivity contribution in [3.8, 4) is 0 Å². The number of benzene rings is 3. The van der Waals surface area contributed by atoms with Crippen LogP contribution < -0.4 is 9.62 Å². The largest absolute Gasteiger partial charge is 0.417 e. The van der Waals surface area contributed by atoms with Gasteiger partial charge in [-0.2, -0.15) is 13.2 Å². The van der Waals surface area contributed by atoms with Crippen molar-refractivity contribution in [2.75, 3.05) is 10.8 Å². The van der Waals surface area contributed by atoms with Gasteiger partial charge in [0, 0.05) is 12.1 Å². The van der Waals surface area contributed by atoms with E-state index in [1.165, 1.54) is 48.5 Å². The van der Waals surface area contributed by atoms with E-state index in [1.807, 2.05) is 0 Å². The van der Waals surface area contributed by atoms with E-state index in [-0.39, 0.29) is 17.9 Å². The molecule has 0 radical (unpaired) electrons. The van der Waals surface area contributed by atoms with Gasteiger partial charge in [-0.15, -0.1) is 0 Å². The molecule has 0 saturated heterocycles. The Morgan fingerprint density at radius 3 is 2.07 bits per heavy atom. The van der Waals surface area contributed by atoms with Crippen molar-refractivity contribution < 1.29 is 35.6 Å². The van der Waals surface area contributed by atoms with Gasteiger partial charge < -0.3 is 10.2 Å². The lowest BCUT2D eigenvalue weighted by Gasteiger charge is -2.35. The number of hydrogen-bond donors (Lipinski definition) is 1. The fourth-order valence-corrected chi connectivity index (χ4v) is 6.04.